The largest absolute Gasteiger partial charge is 0.484 e. The minimum absolute atomic E-state index is 0.0183. The summed E-state index contributed by atoms with van der Waals surface area (Å²) in [6.07, 6.45) is 2.69. The summed E-state index contributed by atoms with van der Waals surface area (Å²) in [6.45, 7) is 4.29. The average Bonchev–Trinajstić information content (AvgIpc) is 2.95. The molecule has 0 radical (unpaired) electrons. The van der Waals surface area contributed by atoms with Gasteiger partial charge in [0, 0.05) is 25.3 Å². The van der Waals surface area contributed by atoms with Crippen LogP contribution in [0.25, 0.3) is 0 Å². The molecule has 0 saturated heterocycles. The lowest BCUT2D eigenvalue weighted by Gasteiger charge is -2.31. The molecule has 1 aliphatic rings. The topological polar surface area (TPSA) is 50.6 Å². The molecule has 1 unspecified atom stereocenters. The minimum atomic E-state index is 0.0183. The Bertz CT molecular complexity index is 726. The summed E-state index contributed by atoms with van der Waals surface area (Å²) in [7, 11) is 4.08. The third-order valence-corrected chi connectivity index (χ3v) is 4.59. The first-order valence-electron chi connectivity index (χ1n) is 8.68. The fourth-order valence-electron chi connectivity index (χ4n) is 3.27. The lowest BCUT2D eigenvalue weighted by Crippen LogP contribution is -2.46. The lowest BCUT2D eigenvalue weighted by atomic mass is 10.1. The van der Waals surface area contributed by atoms with E-state index >= 15 is 0 Å². The fraction of sp³-hybridized carbons (Fsp3) is 0.474. The van der Waals surface area contributed by atoms with Crippen molar-refractivity contribution in [1.82, 2.24) is 19.6 Å². The molecular formula is C19H26N4O2. The Balaban J connectivity index is 1.73. The van der Waals surface area contributed by atoms with Gasteiger partial charge in [-0.15, -0.1) is 0 Å². The van der Waals surface area contributed by atoms with Gasteiger partial charge in [0.15, 0.2) is 6.61 Å². The minimum Gasteiger partial charge on any atom is -0.484 e. The standard InChI is InChI=1S/C19H26N4O2/c1-15-6-4-5-7-18(15)25-14-19(24)22-13-17-8-10-20-23(17)11-9-16(22)12-21(2)3/h4-8,10,16H,9,11-14H2,1-3H3. The Morgan fingerprint density at radius 3 is 2.88 bits per heavy atom. The van der Waals surface area contributed by atoms with Gasteiger partial charge < -0.3 is 14.5 Å². The van der Waals surface area contributed by atoms with Gasteiger partial charge in [-0.2, -0.15) is 5.10 Å². The predicted octanol–water partition coefficient (Wildman–Crippen LogP) is 1.93. The molecule has 0 bridgehead atoms. The van der Waals surface area contributed by atoms with Crippen LogP contribution < -0.4 is 4.74 Å². The number of carbonyl (C=O) groups excluding carboxylic acids is 1. The van der Waals surface area contributed by atoms with Crippen LogP contribution in [0.5, 0.6) is 5.75 Å². The van der Waals surface area contributed by atoms with E-state index in [-0.39, 0.29) is 18.6 Å². The molecule has 3 rings (SSSR count). The Hall–Kier alpha value is -2.34. The van der Waals surface area contributed by atoms with Crippen LogP contribution in [0.4, 0.5) is 0 Å². The van der Waals surface area contributed by atoms with Gasteiger partial charge in [-0.05, 0) is 45.1 Å². The lowest BCUT2D eigenvalue weighted by molar-refractivity contribution is -0.136. The number of carbonyl (C=O) groups is 1. The van der Waals surface area contributed by atoms with E-state index in [2.05, 4.69) is 10.00 Å². The van der Waals surface area contributed by atoms with Crippen molar-refractivity contribution in [3.63, 3.8) is 0 Å². The van der Waals surface area contributed by atoms with E-state index < -0.39 is 0 Å². The van der Waals surface area contributed by atoms with Crippen molar-refractivity contribution in [2.45, 2.75) is 32.5 Å². The monoisotopic (exact) mass is 342 g/mol. The average molecular weight is 342 g/mol. The maximum atomic E-state index is 12.9. The summed E-state index contributed by atoms with van der Waals surface area (Å²) in [4.78, 5) is 17.0. The van der Waals surface area contributed by atoms with Crippen molar-refractivity contribution in [3.05, 3.63) is 47.8 Å². The van der Waals surface area contributed by atoms with Crippen LogP contribution in [0.1, 0.15) is 17.7 Å². The number of ether oxygens (including phenoxy) is 1. The van der Waals surface area contributed by atoms with E-state index in [1.54, 1.807) is 6.20 Å². The number of amides is 1. The highest BCUT2D eigenvalue weighted by Crippen LogP contribution is 2.20. The number of aromatic nitrogens is 2. The van der Waals surface area contributed by atoms with E-state index in [1.807, 2.05) is 60.9 Å². The Kier molecular flexibility index (Phi) is 5.38. The molecule has 1 aromatic heterocycles. The smallest absolute Gasteiger partial charge is 0.261 e. The Labute approximate surface area is 149 Å². The second kappa shape index (κ2) is 7.70. The van der Waals surface area contributed by atoms with E-state index in [9.17, 15) is 4.79 Å². The van der Waals surface area contributed by atoms with Crippen LogP contribution in [-0.2, 0) is 17.9 Å². The Morgan fingerprint density at radius 2 is 2.12 bits per heavy atom. The second-order valence-electron chi connectivity index (χ2n) is 6.83. The van der Waals surface area contributed by atoms with E-state index in [1.165, 1.54) is 0 Å². The van der Waals surface area contributed by atoms with Crippen LogP contribution in [-0.4, -0.2) is 58.8 Å². The maximum absolute atomic E-state index is 12.9. The Morgan fingerprint density at radius 1 is 1.32 bits per heavy atom. The SMILES string of the molecule is Cc1ccccc1OCC(=O)N1Cc2ccnn2CCC1CN(C)C. The summed E-state index contributed by atoms with van der Waals surface area (Å²) >= 11 is 0. The number of rotatable bonds is 5. The number of nitrogens with zero attached hydrogens (tertiary/aromatic N) is 4. The summed E-state index contributed by atoms with van der Waals surface area (Å²) in [5, 5.41) is 4.36. The molecule has 1 aromatic carbocycles. The molecule has 0 spiro atoms. The van der Waals surface area contributed by atoms with E-state index in [0.29, 0.717) is 6.54 Å². The summed E-state index contributed by atoms with van der Waals surface area (Å²) in [6, 6.07) is 9.92. The zero-order chi connectivity index (χ0) is 17.8. The van der Waals surface area contributed by atoms with Crippen LogP contribution in [0.3, 0.4) is 0 Å². The first-order valence-corrected chi connectivity index (χ1v) is 8.68. The van der Waals surface area contributed by atoms with Gasteiger partial charge >= 0.3 is 0 Å². The molecule has 2 heterocycles. The highest BCUT2D eigenvalue weighted by Gasteiger charge is 2.28. The highest BCUT2D eigenvalue weighted by atomic mass is 16.5. The van der Waals surface area contributed by atoms with Gasteiger partial charge in [-0.25, -0.2) is 0 Å². The normalized spacial score (nSPS) is 17.3. The fourth-order valence-corrected chi connectivity index (χ4v) is 3.27. The molecule has 1 amide bonds. The third kappa shape index (κ3) is 4.20. The summed E-state index contributed by atoms with van der Waals surface area (Å²) in [5.74, 6) is 0.782. The van der Waals surface area contributed by atoms with Gasteiger partial charge in [0.1, 0.15) is 5.75 Å². The van der Waals surface area contributed by atoms with Crippen molar-refractivity contribution in [3.8, 4) is 5.75 Å². The highest BCUT2D eigenvalue weighted by molar-refractivity contribution is 5.78. The van der Waals surface area contributed by atoms with Gasteiger partial charge in [0.2, 0.25) is 0 Å². The number of likely N-dealkylation sites (N-methyl/N-ethyl adjacent to an activating group) is 1. The van der Waals surface area contributed by atoms with E-state index in [0.717, 1.165) is 36.5 Å². The van der Waals surface area contributed by atoms with Gasteiger partial charge in [0.25, 0.3) is 5.91 Å². The number of fused-ring (bicyclic) bond motifs is 1. The zero-order valence-corrected chi connectivity index (χ0v) is 15.2. The molecule has 6 nitrogen and oxygen atoms in total. The maximum Gasteiger partial charge on any atom is 0.261 e. The van der Waals surface area contributed by atoms with Crippen molar-refractivity contribution < 1.29 is 9.53 Å². The van der Waals surface area contributed by atoms with Gasteiger partial charge in [-0.3, -0.25) is 9.48 Å². The number of hydrogen-bond acceptors (Lipinski definition) is 4. The first-order chi connectivity index (χ1) is 12.0. The second-order valence-corrected chi connectivity index (χ2v) is 6.83. The molecule has 0 aliphatic carbocycles. The van der Waals surface area contributed by atoms with Crippen molar-refractivity contribution >= 4 is 5.91 Å². The molecule has 0 N–H and O–H groups in total. The third-order valence-electron chi connectivity index (χ3n) is 4.59. The van der Waals surface area contributed by atoms with Crippen molar-refractivity contribution in [2.75, 3.05) is 27.2 Å². The van der Waals surface area contributed by atoms with E-state index in [4.69, 9.17) is 4.74 Å². The van der Waals surface area contributed by atoms with Crippen molar-refractivity contribution in [1.29, 1.82) is 0 Å². The molecule has 0 fully saturated rings. The number of para-hydroxylation sites is 1. The van der Waals surface area contributed by atoms with Crippen LogP contribution in [0.15, 0.2) is 36.5 Å². The van der Waals surface area contributed by atoms with Gasteiger partial charge in [-0.1, -0.05) is 18.2 Å². The number of aryl methyl sites for hydroxylation is 2. The predicted molar refractivity (Wildman–Crippen MR) is 96.4 cm³/mol. The number of benzene rings is 1. The molecule has 1 atom stereocenters. The van der Waals surface area contributed by atoms with Crippen LogP contribution in [0, 0.1) is 6.92 Å². The zero-order valence-electron chi connectivity index (χ0n) is 15.2. The van der Waals surface area contributed by atoms with Crippen molar-refractivity contribution in [2.24, 2.45) is 0 Å². The summed E-state index contributed by atoms with van der Waals surface area (Å²) in [5.41, 5.74) is 2.11. The molecule has 6 heteroatoms. The van der Waals surface area contributed by atoms with Crippen LogP contribution >= 0.6 is 0 Å². The first kappa shape index (κ1) is 17.5. The molecule has 2 aromatic rings. The molecular weight excluding hydrogens is 316 g/mol. The van der Waals surface area contributed by atoms with Crippen LogP contribution in [0.2, 0.25) is 0 Å². The quantitative estimate of drug-likeness (QED) is 0.833. The number of hydrogen-bond donors (Lipinski definition) is 0. The molecule has 25 heavy (non-hydrogen) atoms. The molecule has 1 aliphatic heterocycles. The van der Waals surface area contributed by atoms with Gasteiger partial charge in [0.05, 0.1) is 12.2 Å². The molecule has 134 valence electrons. The summed E-state index contributed by atoms with van der Waals surface area (Å²) < 4.78 is 7.79. The molecule has 0 saturated carbocycles.